The van der Waals surface area contributed by atoms with Crippen LogP contribution in [0.4, 0.5) is 10.1 Å². The van der Waals surface area contributed by atoms with Gasteiger partial charge in [-0.1, -0.05) is 44.5 Å². The number of nitrogens with zero attached hydrogens (tertiary/aromatic N) is 2. The normalized spacial score (nSPS) is 16.7. The molecule has 0 bridgehead atoms. The van der Waals surface area contributed by atoms with Crippen LogP contribution < -0.4 is 4.90 Å². The Bertz CT molecular complexity index is 992. The van der Waals surface area contributed by atoms with E-state index in [2.05, 4.69) is 26.8 Å². The van der Waals surface area contributed by atoms with Crippen LogP contribution in [-0.2, 0) is 11.2 Å². The van der Waals surface area contributed by atoms with Gasteiger partial charge in [0.05, 0.1) is 10.6 Å². The zero-order valence-corrected chi connectivity index (χ0v) is 17.6. The number of halogens is 2. The summed E-state index contributed by atoms with van der Waals surface area (Å²) >= 11 is 5.99. The molecule has 29 heavy (non-hydrogen) atoms. The maximum atomic E-state index is 14.8. The molecule has 4 nitrogen and oxygen atoms in total. The molecule has 2 aromatic carbocycles. The first-order chi connectivity index (χ1) is 13.6. The Balaban J connectivity index is 2.26. The lowest BCUT2D eigenvalue weighted by molar-refractivity contribution is -0.138. The van der Waals surface area contributed by atoms with Crippen molar-refractivity contribution in [1.82, 2.24) is 0 Å². The van der Waals surface area contributed by atoms with Crippen molar-refractivity contribution in [2.24, 2.45) is 5.41 Å². The smallest absolute Gasteiger partial charge is 0.326 e. The van der Waals surface area contributed by atoms with Crippen molar-refractivity contribution in [2.45, 2.75) is 46.1 Å². The van der Waals surface area contributed by atoms with Crippen LogP contribution in [0, 0.1) is 22.6 Å². The van der Waals surface area contributed by atoms with Gasteiger partial charge in [-0.25, -0.2) is 9.18 Å². The van der Waals surface area contributed by atoms with Crippen LogP contribution in [-0.4, -0.2) is 23.7 Å². The molecule has 0 radical (unpaired) electrons. The minimum Gasteiger partial charge on any atom is -0.480 e. The molecular weight excluding hydrogens is 391 g/mol. The third-order valence-electron chi connectivity index (χ3n) is 5.15. The molecule has 3 rings (SSSR count). The first-order valence-electron chi connectivity index (χ1n) is 9.63. The molecule has 1 heterocycles. The molecule has 2 aromatic rings. The second-order valence-electron chi connectivity index (χ2n) is 8.67. The predicted molar refractivity (Wildman–Crippen MR) is 113 cm³/mol. The Morgan fingerprint density at radius 1 is 1.34 bits per heavy atom. The van der Waals surface area contributed by atoms with E-state index in [1.807, 2.05) is 11.0 Å². The highest BCUT2D eigenvalue weighted by Gasteiger charge is 2.32. The van der Waals surface area contributed by atoms with Crippen LogP contribution >= 0.6 is 11.6 Å². The van der Waals surface area contributed by atoms with E-state index in [0.717, 1.165) is 12.0 Å². The highest BCUT2D eigenvalue weighted by Crippen LogP contribution is 2.38. The molecule has 0 amide bonds. The van der Waals surface area contributed by atoms with Gasteiger partial charge < -0.3 is 10.0 Å². The number of benzene rings is 2. The highest BCUT2D eigenvalue weighted by atomic mass is 35.5. The van der Waals surface area contributed by atoms with Crippen LogP contribution in [0.15, 0.2) is 30.3 Å². The Morgan fingerprint density at radius 2 is 2.07 bits per heavy atom. The molecule has 6 heteroatoms. The Kier molecular flexibility index (Phi) is 5.86. The standard InChI is InChI=1S/C23H24ClFN2O2/c1-23(2,3)12-14-10-15(27-9-5-8-20(27)22(28)29)11-17(18(14)13-26)16-6-4-7-19(24)21(16)25/h4,6-7,10-11,20H,5,8-9,12H2,1-3H3,(H,28,29). The van der Waals surface area contributed by atoms with Crippen molar-refractivity contribution in [3.63, 3.8) is 0 Å². The van der Waals surface area contributed by atoms with Gasteiger partial charge in [-0.3, -0.25) is 0 Å². The number of anilines is 1. The van der Waals surface area contributed by atoms with E-state index < -0.39 is 17.8 Å². The molecule has 0 aliphatic carbocycles. The van der Waals surface area contributed by atoms with Crippen molar-refractivity contribution in [1.29, 1.82) is 5.26 Å². The van der Waals surface area contributed by atoms with Gasteiger partial charge in [0.25, 0.3) is 0 Å². The molecule has 1 aliphatic heterocycles. The van der Waals surface area contributed by atoms with Crippen molar-refractivity contribution in [3.05, 3.63) is 52.3 Å². The van der Waals surface area contributed by atoms with Gasteiger partial charge in [-0.15, -0.1) is 0 Å². The van der Waals surface area contributed by atoms with E-state index in [0.29, 0.717) is 36.2 Å². The van der Waals surface area contributed by atoms with Crippen molar-refractivity contribution in [2.75, 3.05) is 11.4 Å². The second kappa shape index (κ2) is 8.04. The van der Waals surface area contributed by atoms with Gasteiger partial charge >= 0.3 is 5.97 Å². The summed E-state index contributed by atoms with van der Waals surface area (Å²) in [4.78, 5) is 13.5. The Morgan fingerprint density at radius 3 is 2.69 bits per heavy atom. The van der Waals surface area contributed by atoms with Gasteiger partial charge in [0.2, 0.25) is 0 Å². The van der Waals surface area contributed by atoms with E-state index in [1.165, 1.54) is 6.07 Å². The number of carboxylic acid groups (broad SMARTS) is 1. The molecule has 0 aromatic heterocycles. The van der Waals surface area contributed by atoms with Gasteiger partial charge in [-0.05, 0) is 48.4 Å². The monoisotopic (exact) mass is 414 g/mol. The van der Waals surface area contributed by atoms with Crippen LogP contribution in [0.5, 0.6) is 0 Å². The van der Waals surface area contributed by atoms with E-state index in [1.54, 1.807) is 18.2 Å². The van der Waals surface area contributed by atoms with Gasteiger partial charge in [-0.2, -0.15) is 5.26 Å². The molecule has 1 fully saturated rings. The van der Waals surface area contributed by atoms with Gasteiger partial charge in [0.15, 0.2) is 0 Å². The average molecular weight is 415 g/mol. The van der Waals surface area contributed by atoms with Gasteiger partial charge in [0.1, 0.15) is 17.9 Å². The third kappa shape index (κ3) is 4.38. The van der Waals surface area contributed by atoms with Crippen LogP contribution in [0.25, 0.3) is 11.1 Å². The van der Waals surface area contributed by atoms with E-state index in [-0.39, 0.29) is 16.0 Å². The predicted octanol–water partition coefficient (Wildman–Crippen LogP) is 5.66. The third-order valence-corrected chi connectivity index (χ3v) is 5.44. The number of rotatable bonds is 4. The number of hydrogen-bond donors (Lipinski definition) is 1. The molecule has 152 valence electrons. The topological polar surface area (TPSA) is 64.3 Å². The molecule has 1 unspecified atom stereocenters. The zero-order valence-electron chi connectivity index (χ0n) is 16.8. The lowest BCUT2D eigenvalue weighted by Crippen LogP contribution is -2.36. The summed E-state index contributed by atoms with van der Waals surface area (Å²) in [5.41, 5.74) is 2.46. The maximum absolute atomic E-state index is 14.8. The van der Waals surface area contributed by atoms with E-state index in [4.69, 9.17) is 11.6 Å². The summed E-state index contributed by atoms with van der Waals surface area (Å²) in [5.74, 6) is -1.46. The fourth-order valence-electron chi connectivity index (χ4n) is 3.95. The number of carboxylic acids is 1. The quantitative estimate of drug-likeness (QED) is 0.701. The highest BCUT2D eigenvalue weighted by molar-refractivity contribution is 6.31. The summed E-state index contributed by atoms with van der Waals surface area (Å²) < 4.78 is 14.8. The Labute approximate surface area is 175 Å². The van der Waals surface area contributed by atoms with Gasteiger partial charge in [0, 0.05) is 23.4 Å². The molecule has 1 aliphatic rings. The van der Waals surface area contributed by atoms with Crippen molar-refractivity contribution >= 4 is 23.3 Å². The SMILES string of the molecule is CC(C)(C)Cc1cc(N2CCCC2C(=O)O)cc(-c2cccc(Cl)c2F)c1C#N. The molecule has 0 saturated carbocycles. The number of aliphatic carboxylic acids is 1. The second-order valence-corrected chi connectivity index (χ2v) is 9.07. The fraction of sp³-hybridized carbons (Fsp3) is 0.391. The summed E-state index contributed by atoms with van der Waals surface area (Å²) in [7, 11) is 0. The molecule has 1 N–H and O–H groups in total. The summed E-state index contributed by atoms with van der Waals surface area (Å²) in [5, 5.41) is 19.5. The fourth-order valence-corrected chi connectivity index (χ4v) is 4.13. The van der Waals surface area contributed by atoms with Crippen LogP contribution in [0.3, 0.4) is 0 Å². The molecule has 1 saturated heterocycles. The minimum atomic E-state index is -0.875. The Hall–Kier alpha value is -2.58. The lowest BCUT2D eigenvalue weighted by atomic mass is 9.84. The minimum absolute atomic E-state index is 0.0150. The van der Waals surface area contributed by atoms with Crippen LogP contribution in [0.1, 0.15) is 44.7 Å². The maximum Gasteiger partial charge on any atom is 0.326 e. The number of nitriles is 1. The summed E-state index contributed by atoms with van der Waals surface area (Å²) in [6, 6.07) is 9.94. The van der Waals surface area contributed by atoms with Crippen molar-refractivity contribution in [3.8, 4) is 17.2 Å². The summed E-state index contributed by atoms with van der Waals surface area (Å²) in [6.07, 6.45) is 1.93. The zero-order chi connectivity index (χ0) is 21.3. The first kappa shape index (κ1) is 21.1. The first-order valence-corrected chi connectivity index (χ1v) is 10.0. The molecule has 1 atom stereocenters. The van der Waals surface area contributed by atoms with Crippen LogP contribution in [0.2, 0.25) is 5.02 Å². The van der Waals surface area contributed by atoms with Crippen molar-refractivity contribution < 1.29 is 14.3 Å². The average Bonchev–Trinajstić information content (AvgIpc) is 3.12. The lowest BCUT2D eigenvalue weighted by Gasteiger charge is -2.27. The van der Waals surface area contributed by atoms with E-state index >= 15 is 0 Å². The largest absolute Gasteiger partial charge is 0.480 e. The number of carbonyl (C=O) groups is 1. The van der Waals surface area contributed by atoms with E-state index in [9.17, 15) is 19.6 Å². The summed E-state index contributed by atoms with van der Waals surface area (Å²) in [6.45, 7) is 6.80. The molecule has 0 spiro atoms. The molecular formula is C23H24ClFN2O2. The number of hydrogen-bond acceptors (Lipinski definition) is 3.